The van der Waals surface area contributed by atoms with E-state index in [9.17, 15) is 13.2 Å². The molecule has 0 radical (unpaired) electrons. The zero-order valence-corrected chi connectivity index (χ0v) is 13.9. The van der Waals surface area contributed by atoms with Gasteiger partial charge in [0.1, 0.15) is 17.3 Å². The predicted molar refractivity (Wildman–Crippen MR) is 90.8 cm³/mol. The van der Waals surface area contributed by atoms with Gasteiger partial charge in [-0.2, -0.15) is 4.98 Å². The van der Waals surface area contributed by atoms with Gasteiger partial charge in [-0.3, -0.25) is 4.98 Å². The second-order valence-electron chi connectivity index (χ2n) is 5.78. The number of hydrogen-bond acceptors (Lipinski definition) is 5. The average molecular weight is 368 g/mol. The van der Waals surface area contributed by atoms with Crippen molar-refractivity contribution in [2.45, 2.75) is 6.92 Å². The van der Waals surface area contributed by atoms with E-state index in [0.29, 0.717) is 5.56 Å². The summed E-state index contributed by atoms with van der Waals surface area (Å²) in [6.07, 6.45) is 2.38. The Bertz CT molecular complexity index is 1130. The monoisotopic (exact) mass is 368 g/mol. The van der Waals surface area contributed by atoms with Gasteiger partial charge in [0.25, 0.3) is 5.89 Å². The Kier molecular flexibility index (Phi) is 4.15. The Morgan fingerprint density at radius 3 is 2.37 bits per heavy atom. The zero-order chi connectivity index (χ0) is 19.0. The molecule has 3 heterocycles. The number of aryl methyl sites for hydroxylation is 1. The molecule has 3 aromatic heterocycles. The summed E-state index contributed by atoms with van der Waals surface area (Å²) in [6, 6.07) is 8.12. The van der Waals surface area contributed by atoms with E-state index in [2.05, 4.69) is 20.1 Å². The molecule has 0 aliphatic rings. The van der Waals surface area contributed by atoms with Crippen LogP contribution < -0.4 is 0 Å². The first-order chi connectivity index (χ1) is 13.0. The Morgan fingerprint density at radius 2 is 1.63 bits per heavy atom. The van der Waals surface area contributed by atoms with Gasteiger partial charge in [-0.15, -0.1) is 0 Å². The van der Waals surface area contributed by atoms with Crippen molar-refractivity contribution in [3.8, 4) is 34.1 Å². The average Bonchev–Trinajstić information content (AvgIpc) is 3.14. The number of hydrogen-bond donors (Lipinski definition) is 0. The standard InChI is InChI=1S/C19H11F3N4O/c1-10-17(22)15(12-6-14(21)9-23-8-12)7-16(24-10)18-25-19(27-26-18)11-2-4-13(20)5-3-11/h2-9H,1H3. The number of nitrogens with zero attached hydrogens (tertiary/aromatic N) is 4. The highest BCUT2D eigenvalue weighted by Gasteiger charge is 2.17. The summed E-state index contributed by atoms with van der Waals surface area (Å²) in [5.41, 5.74) is 1.27. The minimum atomic E-state index is -0.589. The summed E-state index contributed by atoms with van der Waals surface area (Å²) in [7, 11) is 0. The lowest BCUT2D eigenvalue weighted by molar-refractivity contribution is 0.432. The molecular weight excluding hydrogens is 357 g/mol. The van der Waals surface area contributed by atoms with Crippen LogP contribution in [0.3, 0.4) is 0 Å². The van der Waals surface area contributed by atoms with Crippen LogP contribution >= 0.6 is 0 Å². The summed E-state index contributed by atoms with van der Waals surface area (Å²) in [4.78, 5) is 12.1. The molecule has 0 aliphatic heterocycles. The molecule has 27 heavy (non-hydrogen) atoms. The third kappa shape index (κ3) is 3.29. The van der Waals surface area contributed by atoms with Crippen LogP contribution in [0.15, 0.2) is 53.3 Å². The summed E-state index contributed by atoms with van der Waals surface area (Å²) in [6.45, 7) is 1.48. The Labute approximate surface area is 151 Å². The molecule has 0 saturated heterocycles. The van der Waals surface area contributed by atoms with Gasteiger partial charge in [-0.1, -0.05) is 5.16 Å². The fourth-order valence-corrected chi connectivity index (χ4v) is 2.58. The van der Waals surface area contributed by atoms with Gasteiger partial charge >= 0.3 is 0 Å². The van der Waals surface area contributed by atoms with Crippen molar-refractivity contribution in [1.82, 2.24) is 20.1 Å². The largest absolute Gasteiger partial charge is 0.334 e. The third-order valence-electron chi connectivity index (χ3n) is 3.89. The van der Waals surface area contributed by atoms with E-state index < -0.39 is 11.6 Å². The van der Waals surface area contributed by atoms with Gasteiger partial charge in [0.15, 0.2) is 5.82 Å². The van der Waals surface area contributed by atoms with Crippen LogP contribution in [-0.2, 0) is 0 Å². The van der Waals surface area contributed by atoms with Crippen LogP contribution in [-0.4, -0.2) is 20.1 Å². The highest BCUT2D eigenvalue weighted by Crippen LogP contribution is 2.29. The molecule has 4 aromatic rings. The summed E-state index contributed by atoms with van der Waals surface area (Å²) in [5, 5.41) is 3.85. The topological polar surface area (TPSA) is 64.7 Å². The minimum Gasteiger partial charge on any atom is -0.334 e. The quantitative estimate of drug-likeness (QED) is 0.529. The molecule has 0 atom stereocenters. The number of pyridine rings is 2. The molecule has 0 N–H and O–H groups in total. The minimum absolute atomic E-state index is 0.0971. The van der Waals surface area contributed by atoms with Crippen molar-refractivity contribution in [2.75, 3.05) is 0 Å². The Balaban J connectivity index is 1.78. The van der Waals surface area contributed by atoms with E-state index in [-0.39, 0.29) is 40.0 Å². The van der Waals surface area contributed by atoms with E-state index in [1.165, 1.54) is 49.5 Å². The molecule has 0 aliphatic carbocycles. The lowest BCUT2D eigenvalue weighted by Crippen LogP contribution is -1.97. The molecule has 5 nitrogen and oxygen atoms in total. The van der Waals surface area contributed by atoms with Crippen molar-refractivity contribution >= 4 is 0 Å². The van der Waals surface area contributed by atoms with Crippen LogP contribution in [0.5, 0.6) is 0 Å². The maximum atomic E-state index is 14.5. The van der Waals surface area contributed by atoms with Crippen molar-refractivity contribution in [1.29, 1.82) is 0 Å². The molecule has 0 fully saturated rings. The Morgan fingerprint density at radius 1 is 0.852 bits per heavy atom. The summed E-state index contributed by atoms with van der Waals surface area (Å²) in [5.74, 6) is -1.26. The molecular formula is C19H11F3N4O. The second-order valence-corrected chi connectivity index (χ2v) is 5.78. The maximum absolute atomic E-state index is 14.5. The molecule has 4 rings (SSSR count). The normalized spacial score (nSPS) is 11.0. The van der Waals surface area contributed by atoms with Crippen molar-refractivity contribution in [2.24, 2.45) is 0 Å². The Hall–Kier alpha value is -3.55. The van der Waals surface area contributed by atoms with E-state index >= 15 is 0 Å². The maximum Gasteiger partial charge on any atom is 0.258 e. The van der Waals surface area contributed by atoms with Gasteiger partial charge in [0.05, 0.1) is 11.9 Å². The first-order valence-corrected chi connectivity index (χ1v) is 7.89. The molecule has 0 unspecified atom stereocenters. The fourth-order valence-electron chi connectivity index (χ4n) is 2.58. The lowest BCUT2D eigenvalue weighted by atomic mass is 10.1. The number of aromatic nitrogens is 4. The lowest BCUT2D eigenvalue weighted by Gasteiger charge is -2.07. The SMILES string of the molecule is Cc1nc(-c2noc(-c3ccc(F)cc3)n2)cc(-c2cncc(F)c2)c1F. The molecule has 0 spiro atoms. The fraction of sp³-hybridized carbons (Fsp3) is 0.0526. The van der Waals surface area contributed by atoms with E-state index in [0.717, 1.165) is 6.20 Å². The van der Waals surface area contributed by atoms with Crippen LogP contribution in [0.1, 0.15) is 5.69 Å². The van der Waals surface area contributed by atoms with E-state index in [1.807, 2.05) is 0 Å². The number of rotatable bonds is 3. The zero-order valence-electron chi connectivity index (χ0n) is 13.9. The highest BCUT2D eigenvalue weighted by atomic mass is 19.1. The number of halogens is 3. The summed E-state index contributed by atoms with van der Waals surface area (Å²) < 4.78 is 46.2. The first-order valence-electron chi connectivity index (χ1n) is 7.89. The summed E-state index contributed by atoms with van der Waals surface area (Å²) >= 11 is 0. The smallest absolute Gasteiger partial charge is 0.258 e. The van der Waals surface area contributed by atoms with Crippen LogP contribution in [0.25, 0.3) is 34.1 Å². The van der Waals surface area contributed by atoms with Gasteiger partial charge < -0.3 is 4.52 Å². The van der Waals surface area contributed by atoms with Crippen molar-refractivity contribution < 1.29 is 17.7 Å². The molecule has 134 valence electrons. The molecule has 8 heteroatoms. The number of benzene rings is 1. The van der Waals surface area contributed by atoms with Crippen LogP contribution in [0.2, 0.25) is 0 Å². The van der Waals surface area contributed by atoms with Gasteiger partial charge in [-0.25, -0.2) is 18.2 Å². The van der Waals surface area contributed by atoms with Crippen LogP contribution in [0, 0.1) is 24.4 Å². The molecule has 1 aromatic carbocycles. The van der Waals surface area contributed by atoms with Gasteiger partial charge in [0, 0.05) is 22.9 Å². The second kappa shape index (κ2) is 6.64. The first kappa shape index (κ1) is 16.9. The van der Waals surface area contributed by atoms with E-state index in [1.54, 1.807) is 0 Å². The predicted octanol–water partition coefficient (Wildman–Crippen LogP) is 4.59. The van der Waals surface area contributed by atoms with E-state index in [4.69, 9.17) is 4.52 Å². The third-order valence-corrected chi connectivity index (χ3v) is 3.89. The highest BCUT2D eigenvalue weighted by molar-refractivity contribution is 5.69. The molecule has 0 amide bonds. The van der Waals surface area contributed by atoms with Gasteiger partial charge in [-0.05, 0) is 43.3 Å². The van der Waals surface area contributed by atoms with Crippen molar-refractivity contribution in [3.63, 3.8) is 0 Å². The van der Waals surface area contributed by atoms with Crippen LogP contribution in [0.4, 0.5) is 13.2 Å². The van der Waals surface area contributed by atoms with Gasteiger partial charge in [0.2, 0.25) is 5.82 Å². The van der Waals surface area contributed by atoms with Crippen molar-refractivity contribution in [3.05, 3.63) is 71.9 Å². The molecule has 0 saturated carbocycles. The molecule has 0 bridgehead atoms.